The molecule has 3 aromatic rings. The van der Waals surface area contributed by atoms with Gasteiger partial charge in [-0.3, -0.25) is 4.98 Å². The topological polar surface area (TPSA) is 71.1 Å². The molecule has 1 aromatic carbocycles. The standard InChI is InChI=1S/C19H19Cl2N3O2S2/c20-12-1-6-15-16(9-10-22-17(15)11-12)23-13-2-4-14(5-3-13)24-28(25,26)19-8-7-18(21)27-19/h1,6-11,13-14,24H,2-5H2,(H,22,23)/t13-,14+. The zero-order valence-electron chi connectivity index (χ0n) is 14.9. The van der Waals surface area contributed by atoms with Gasteiger partial charge in [-0.1, -0.05) is 23.2 Å². The molecule has 148 valence electrons. The summed E-state index contributed by atoms with van der Waals surface area (Å²) in [5, 5.41) is 5.28. The van der Waals surface area contributed by atoms with E-state index in [0.717, 1.165) is 53.6 Å². The second kappa shape index (κ2) is 8.16. The van der Waals surface area contributed by atoms with E-state index in [0.29, 0.717) is 15.4 Å². The van der Waals surface area contributed by atoms with Crippen LogP contribution >= 0.6 is 34.5 Å². The Morgan fingerprint density at radius 3 is 2.46 bits per heavy atom. The maximum atomic E-state index is 12.5. The predicted molar refractivity (Wildman–Crippen MR) is 116 cm³/mol. The van der Waals surface area contributed by atoms with E-state index >= 15 is 0 Å². The molecule has 28 heavy (non-hydrogen) atoms. The van der Waals surface area contributed by atoms with Gasteiger partial charge < -0.3 is 5.32 Å². The van der Waals surface area contributed by atoms with Crippen LogP contribution in [0.4, 0.5) is 5.69 Å². The summed E-state index contributed by atoms with van der Waals surface area (Å²) in [6, 6.07) is 11.0. The Kier molecular flexibility index (Phi) is 5.81. The van der Waals surface area contributed by atoms with Crippen LogP contribution < -0.4 is 10.0 Å². The van der Waals surface area contributed by atoms with E-state index in [4.69, 9.17) is 23.2 Å². The van der Waals surface area contributed by atoms with Gasteiger partial charge in [-0.25, -0.2) is 13.1 Å². The number of sulfonamides is 1. The van der Waals surface area contributed by atoms with Crippen molar-refractivity contribution in [3.8, 4) is 0 Å². The lowest BCUT2D eigenvalue weighted by Crippen LogP contribution is -2.39. The fourth-order valence-corrected chi connectivity index (χ4v) is 6.51. The summed E-state index contributed by atoms with van der Waals surface area (Å²) in [6.07, 6.45) is 5.11. The summed E-state index contributed by atoms with van der Waals surface area (Å²) in [6.45, 7) is 0. The number of anilines is 1. The molecule has 1 saturated carbocycles. The van der Waals surface area contributed by atoms with E-state index < -0.39 is 10.0 Å². The monoisotopic (exact) mass is 455 g/mol. The minimum atomic E-state index is -3.51. The minimum Gasteiger partial charge on any atom is -0.382 e. The van der Waals surface area contributed by atoms with Crippen molar-refractivity contribution in [2.75, 3.05) is 5.32 Å². The molecule has 0 radical (unpaired) electrons. The summed E-state index contributed by atoms with van der Waals surface area (Å²) in [7, 11) is -3.51. The number of thiophene rings is 1. The number of halogens is 2. The third-order valence-corrected chi connectivity index (χ3v) is 8.41. The molecule has 1 aliphatic rings. The van der Waals surface area contributed by atoms with Gasteiger partial charge in [0, 0.05) is 34.4 Å². The van der Waals surface area contributed by atoms with Crippen LogP contribution in [-0.4, -0.2) is 25.5 Å². The predicted octanol–water partition coefficient (Wildman–Crippen LogP) is 5.30. The van der Waals surface area contributed by atoms with Crippen molar-refractivity contribution in [2.45, 2.75) is 42.0 Å². The molecule has 1 aliphatic carbocycles. The molecular weight excluding hydrogens is 437 g/mol. The van der Waals surface area contributed by atoms with Crippen molar-refractivity contribution in [3.63, 3.8) is 0 Å². The lowest BCUT2D eigenvalue weighted by Gasteiger charge is -2.30. The van der Waals surface area contributed by atoms with Crippen LogP contribution in [0.15, 0.2) is 46.8 Å². The normalized spacial score (nSPS) is 20.4. The first-order valence-corrected chi connectivity index (χ1v) is 12.0. The zero-order valence-corrected chi connectivity index (χ0v) is 18.0. The second-order valence-corrected chi connectivity index (χ2v) is 11.0. The number of benzene rings is 1. The third-order valence-electron chi connectivity index (χ3n) is 4.93. The number of aromatic nitrogens is 1. The SMILES string of the molecule is O=S(=O)(N[C@H]1CC[C@@H](Nc2ccnc3cc(Cl)ccc23)CC1)c1ccc(Cl)s1. The van der Waals surface area contributed by atoms with Gasteiger partial charge in [0.15, 0.2) is 0 Å². The van der Waals surface area contributed by atoms with Crippen molar-refractivity contribution in [1.29, 1.82) is 0 Å². The van der Waals surface area contributed by atoms with Crippen molar-refractivity contribution in [3.05, 3.63) is 52.0 Å². The highest BCUT2D eigenvalue weighted by atomic mass is 35.5. The van der Waals surface area contributed by atoms with Crippen molar-refractivity contribution >= 4 is 61.2 Å². The maximum Gasteiger partial charge on any atom is 0.250 e. The fraction of sp³-hybridized carbons (Fsp3) is 0.316. The lowest BCUT2D eigenvalue weighted by molar-refractivity contribution is 0.387. The van der Waals surface area contributed by atoms with E-state index in [9.17, 15) is 8.42 Å². The average molecular weight is 456 g/mol. The molecule has 0 saturated heterocycles. The lowest BCUT2D eigenvalue weighted by atomic mass is 9.91. The van der Waals surface area contributed by atoms with Crippen LogP contribution in [0.2, 0.25) is 9.36 Å². The number of hydrogen-bond acceptors (Lipinski definition) is 5. The molecular formula is C19H19Cl2N3O2S2. The molecule has 0 spiro atoms. The van der Waals surface area contributed by atoms with Crippen LogP contribution in [-0.2, 0) is 10.0 Å². The Hall–Kier alpha value is -1.38. The van der Waals surface area contributed by atoms with E-state index in [1.54, 1.807) is 18.3 Å². The number of nitrogens with one attached hydrogen (secondary N) is 2. The first-order chi connectivity index (χ1) is 13.4. The molecule has 0 bridgehead atoms. The van der Waals surface area contributed by atoms with E-state index in [2.05, 4.69) is 15.0 Å². The van der Waals surface area contributed by atoms with Gasteiger partial charge in [0.1, 0.15) is 4.21 Å². The number of hydrogen-bond donors (Lipinski definition) is 2. The molecule has 5 nitrogen and oxygen atoms in total. The Morgan fingerprint density at radius 1 is 1.00 bits per heavy atom. The number of rotatable bonds is 5. The molecule has 0 amide bonds. The van der Waals surface area contributed by atoms with E-state index in [-0.39, 0.29) is 10.3 Å². The largest absolute Gasteiger partial charge is 0.382 e. The van der Waals surface area contributed by atoms with Crippen molar-refractivity contribution < 1.29 is 8.42 Å². The average Bonchev–Trinajstić information content (AvgIpc) is 3.10. The molecule has 0 aliphatic heterocycles. The van der Waals surface area contributed by atoms with Crippen LogP contribution in [0, 0.1) is 0 Å². The summed E-state index contributed by atoms with van der Waals surface area (Å²) in [5.74, 6) is 0. The maximum absolute atomic E-state index is 12.5. The smallest absolute Gasteiger partial charge is 0.250 e. The summed E-state index contributed by atoms with van der Waals surface area (Å²) < 4.78 is 28.5. The van der Waals surface area contributed by atoms with Gasteiger partial charge in [-0.15, -0.1) is 11.3 Å². The quantitative estimate of drug-likeness (QED) is 0.546. The molecule has 9 heteroatoms. The van der Waals surface area contributed by atoms with Gasteiger partial charge in [0.25, 0.3) is 0 Å². The molecule has 2 N–H and O–H groups in total. The highest BCUT2D eigenvalue weighted by molar-refractivity contribution is 7.91. The molecule has 0 unspecified atom stereocenters. The Balaban J connectivity index is 1.38. The van der Waals surface area contributed by atoms with Gasteiger partial charge in [-0.2, -0.15) is 0 Å². The molecule has 0 atom stereocenters. The Labute approximate surface area is 178 Å². The van der Waals surface area contributed by atoms with Crippen molar-refractivity contribution in [2.24, 2.45) is 0 Å². The van der Waals surface area contributed by atoms with Crippen LogP contribution in [0.5, 0.6) is 0 Å². The van der Waals surface area contributed by atoms with Gasteiger partial charge in [-0.05, 0) is 62.1 Å². The minimum absolute atomic E-state index is 0.0584. The molecule has 2 aromatic heterocycles. The Morgan fingerprint density at radius 2 is 1.75 bits per heavy atom. The first kappa shape index (κ1) is 19.9. The van der Waals surface area contributed by atoms with E-state index in [1.165, 1.54) is 0 Å². The van der Waals surface area contributed by atoms with Gasteiger partial charge in [0.2, 0.25) is 10.0 Å². The zero-order chi connectivity index (χ0) is 19.7. The van der Waals surface area contributed by atoms with Crippen LogP contribution in [0.1, 0.15) is 25.7 Å². The van der Waals surface area contributed by atoms with Crippen LogP contribution in [0.3, 0.4) is 0 Å². The van der Waals surface area contributed by atoms with E-state index in [1.807, 2.05) is 24.3 Å². The number of nitrogens with zero attached hydrogens (tertiary/aromatic N) is 1. The Bertz CT molecular complexity index is 1090. The number of pyridine rings is 1. The molecule has 1 fully saturated rings. The first-order valence-electron chi connectivity index (χ1n) is 8.99. The molecule has 2 heterocycles. The van der Waals surface area contributed by atoms with Crippen LogP contribution in [0.25, 0.3) is 10.9 Å². The third kappa shape index (κ3) is 4.44. The highest BCUT2D eigenvalue weighted by Crippen LogP contribution is 2.30. The molecule has 4 rings (SSSR count). The highest BCUT2D eigenvalue weighted by Gasteiger charge is 2.26. The van der Waals surface area contributed by atoms with Gasteiger partial charge in [0.05, 0.1) is 9.85 Å². The van der Waals surface area contributed by atoms with Gasteiger partial charge >= 0.3 is 0 Å². The second-order valence-electron chi connectivity index (χ2n) is 6.89. The summed E-state index contributed by atoms with van der Waals surface area (Å²) in [5.41, 5.74) is 1.88. The van der Waals surface area contributed by atoms with Crippen molar-refractivity contribution in [1.82, 2.24) is 9.71 Å². The number of fused-ring (bicyclic) bond motifs is 1. The summed E-state index contributed by atoms with van der Waals surface area (Å²) in [4.78, 5) is 4.37. The summed E-state index contributed by atoms with van der Waals surface area (Å²) >= 11 is 13.0. The fourth-order valence-electron chi connectivity index (χ4n) is 3.54.